The van der Waals surface area contributed by atoms with E-state index in [1.165, 1.54) is 0 Å². The predicted molar refractivity (Wildman–Crippen MR) is 103 cm³/mol. The molecule has 0 aliphatic rings. The van der Waals surface area contributed by atoms with Gasteiger partial charge < -0.3 is 4.98 Å². The third-order valence-corrected chi connectivity index (χ3v) is 4.06. The Morgan fingerprint density at radius 1 is 1.24 bits per heavy atom. The van der Waals surface area contributed by atoms with Crippen LogP contribution in [0.2, 0.25) is 0 Å². The van der Waals surface area contributed by atoms with Gasteiger partial charge in [0.25, 0.3) is 5.56 Å². The van der Waals surface area contributed by atoms with Crippen LogP contribution in [0.4, 0.5) is 0 Å². The fourth-order valence-electron chi connectivity index (χ4n) is 2.98. The molecular weight excluding hydrogens is 310 g/mol. The maximum Gasteiger partial charge on any atom is 0.254 e. The molecule has 4 nitrogen and oxygen atoms in total. The van der Waals surface area contributed by atoms with Gasteiger partial charge in [-0.1, -0.05) is 26.7 Å². The SMILES string of the molecule is CC#Cc1ccc2[nH]cc(-c3cc(=O)n(CC(C)(C)C)c(C)n3)c2c1. The molecule has 3 aromatic rings. The molecule has 0 fully saturated rings. The summed E-state index contributed by atoms with van der Waals surface area (Å²) in [6.07, 6.45) is 1.91. The average Bonchev–Trinajstić information content (AvgIpc) is 2.93. The summed E-state index contributed by atoms with van der Waals surface area (Å²) in [7, 11) is 0. The van der Waals surface area contributed by atoms with Crippen molar-refractivity contribution in [3.05, 3.63) is 52.2 Å². The van der Waals surface area contributed by atoms with Gasteiger partial charge in [-0.25, -0.2) is 4.98 Å². The normalized spacial score (nSPS) is 11.4. The van der Waals surface area contributed by atoms with Gasteiger partial charge in [0.1, 0.15) is 5.82 Å². The monoisotopic (exact) mass is 333 g/mol. The molecular formula is C21H23N3O. The van der Waals surface area contributed by atoms with Gasteiger partial charge in [-0.2, -0.15) is 0 Å². The maximum absolute atomic E-state index is 12.6. The summed E-state index contributed by atoms with van der Waals surface area (Å²) in [5.41, 5.74) is 3.59. The predicted octanol–water partition coefficient (Wildman–Crippen LogP) is 4.12. The molecule has 2 aromatic heterocycles. The molecule has 0 amide bonds. The zero-order chi connectivity index (χ0) is 18.2. The summed E-state index contributed by atoms with van der Waals surface area (Å²) in [5, 5.41) is 1.03. The minimum absolute atomic E-state index is 0.0173. The second kappa shape index (κ2) is 6.25. The van der Waals surface area contributed by atoms with Crippen molar-refractivity contribution < 1.29 is 0 Å². The third-order valence-electron chi connectivity index (χ3n) is 4.06. The molecule has 0 saturated heterocycles. The molecule has 1 N–H and O–H groups in total. The maximum atomic E-state index is 12.6. The number of benzene rings is 1. The van der Waals surface area contributed by atoms with E-state index in [9.17, 15) is 4.79 Å². The van der Waals surface area contributed by atoms with Crippen LogP contribution < -0.4 is 5.56 Å². The number of hydrogen-bond donors (Lipinski definition) is 1. The minimum atomic E-state index is -0.0173. The largest absolute Gasteiger partial charge is 0.360 e. The summed E-state index contributed by atoms with van der Waals surface area (Å²) in [4.78, 5) is 20.6. The summed E-state index contributed by atoms with van der Waals surface area (Å²) in [6.45, 7) is 10.7. The van der Waals surface area contributed by atoms with Crippen molar-refractivity contribution in [2.45, 2.75) is 41.2 Å². The highest BCUT2D eigenvalue weighted by atomic mass is 16.1. The molecule has 0 unspecified atom stereocenters. The van der Waals surface area contributed by atoms with E-state index in [1.807, 2.05) is 38.2 Å². The van der Waals surface area contributed by atoms with Gasteiger partial charge in [-0.15, -0.1) is 5.92 Å². The van der Waals surface area contributed by atoms with E-state index in [-0.39, 0.29) is 11.0 Å². The molecule has 1 aromatic carbocycles. The Hall–Kier alpha value is -2.80. The number of nitrogens with one attached hydrogen (secondary N) is 1. The highest BCUT2D eigenvalue weighted by molar-refractivity contribution is 5.95. The van der Waals surface area contributed by atoms with Crippen LogP contribution >= 0.6 is 0 Å². The lowest BCUT2D eigenvalue weighted by atomic mass is 9.97. The van der Waals surface area contributed by atoms with Crippen LogP contribution in [0.25, 0.3) is 22.2 Å². The van der Waals surface area contributed by atoms with Crippen molar-refractivity contribution in [3.8, 4) is 23.1 Å². The lowest BCUT2D eigenvalue weighted by molar-refractivity contribution is 0.332. The summed E-state index contributed by atoms with van der Waals surface area (Å²) < 4.78 is 1.74. The van der Waals surface area contributed by atoms with Crippen LogP contribution in [0.5, 0.6) is 0 Å². The lowest BCUT2D eigenvalue weighted by Gasteiger charge is -2.21. The van der Waals surface area contributed by atoms with Crippen molar-refractivity contribution in [1.82, 2.24) is 14.5 Å². The van der Waals surface area contributed by atoms with Crippen LogP contribution in [0.15, 0.2) is 35.3 Å². The van der Waals surface area contributed by atoms with Crippen molar-refractivity contribution in [3.63, 3.8) is 0 Å². The lowest BCUT2D eigenvalue weighted by Crippen LogP contribution is -2.29. The average molecular weight is 333 g/mol. The molecule has 0 saturated carbocycles. The van der Waals surface area contributed by atoms with Crippen LogP contribution in [0.1, 0.15) is 39.1 Å². The topological polar surface area (TPSA) is 50.7 Å². The quantitative estimate of drug-likeness (QED) is 0.717. The first-order valence-electron chi connectivity index (χ1n) is 8.41. The number of H-pyrrole nitrogens is 1. The van der Waals surface area contributed by atoms with Gasteiger partial charge in [0.15, 0.2) is 0 Å². The van der Waals surface area contributed by atoms with Gasteiger partial charge in [-0.05, 0) is 37.5 Å². The van der Waals surface area contributed by atoms with E-state index < -0.39 is 0 Å². The standard InChI is InChI=1S/C21H23N3O/c1-6-7-15-8-9-18-16(10-15)17(12-22-18)19-11-20(25)24(14(2)23-19)13-21(3,4)5/h8-12,22H,13H2,1-5H3. The van der Waals surface area contributed by atoms with Crippen LogP contribution in [0.3, 0.4) is 0 Å². The molecule has 0 aliphatic heterocycles. The molecule has 25 heavy (non-hydrogen) atoms. The van der Waals surface area contributed by atoms with Crippen LogP contribution in [0, 0.1) is 24.2 Å². The van der Waals surface area contributed by atoms with Gasteiger partial charge in [0.2, 0.25) is 0 Å². The van der Waals surface area contributed by atoms with Crippen molar-refractivity contribution in [1.29, 1.82) is 0 Å². The number of rotatable bonds is 2. The van der Waals surface area contributed by atoms with Crippen molar-refractivity contribution in [2.24, 2.45) is 5.41 Å². The van der Waals surface area contributed by atoms with E-state index in [1.54, 1.807) is 10.6 Å². The van der Waals surface area contributed by atoms with Gasteiger partial charge in [0, 0.05) is 40.8 Å². The van der Waals surface area contributed by atoms with E-state index in [4.69, 9.17) is 4.98 Å². The number of nitrogens with zero attached hydrogens (tertiary/aromatic N) is 2. The zero-order valence-corrected chi connectivity index (χ0v) is 15.4. The van der Waals surface area contributed by atoms with Crippen LogP contribution in [-0.4, -0.2) is 14.5 Å². The van der Waals surface area contributed by atoms with Gasteiger partial charge in [0.05, 0.1) is 5.69 Å². The smallest absolute Gasteiger partial charge is 0.254 e. The molecule has 128 valence electrons. The van der Waals surface area contributed by atoms with E-state index in [0.717, 1.165) is 27.9 Å². The van der Waals surface area contributed by atoms with E-state index in [2.05, 4.69) is 37.6 Å². The summed E-state index contributed by atoms with van der Waals surface area (Å²) in [6, 6.07) is 7.65. The van der Waals surface area contributed by atoms with Gasteiger partial charge in [-0.3, -0.25) is 9.36 Å². The number of aromatic nitrogens is 3. The first-order valence-corrected chi connectivity index (χ1v) is 8.41. The Balaban J connectivity index is 2.13. The molecule has 0 bridgehead atoms. The highest BCUT2D eigenvalue weighted by Gasteiger charge is 2.16. The Morgan fingerprint density at radius 2 is 2.00 bits per heavy atom. The number of aromatic amines is 1. The Labute approximate surface area is 147 Å². The highest BCUT2D eigenvalue weighted by Crippen LogP contribution is 2.28. The Bertz CT molecular complexity index is 1050. The zero-order valence-electron chi connectivity index (χ0n) is 15.4. The summed E-state index contributed by atoms with van der Waals surface area (Å²) in [5.74, 6) is 6.73. The fourth-order valence-corrected chi connectivity index (χ4v) is 2.98. The minimum Gasteiger partial charge on any atom is -0.360 e. The second-order valence-corrected chi connectivity index (χ2v) is 7.51. The second-order valence-electron chi connectivity index (χ2n) is 7.51. The molecule has 0 radical (unpaired) electrons. The molecule has 2 heterocycles. The van der Waals surface area contributed by atoms with E-state index >= 15 is 0 Å². The third kappa shape index (κ3) is 3.51. The number of aryl methyl sites for hydroxylation is 1. The number of hydrogen-bond acceptors (Lipinski definition) is 2. The molecule has 0 spiro atoms. The fraction of sp³-hybridized carbons (Fsp3) is 0.333. The van der Waals surface area contributed by atoms with E-state index in [0.29, 0.717) is 12.2 Å². The van der Waals surface area contributed by atoms with Crippen molar-refractivity contribution >= 4 is 10.9 Å². The number of fused-ring (bicyclic) bond motifs is 1. The molecule has 3 rings (SSSR count). The van der Waals surface area contributed by atoms with Crippen LogP contribution in [-0.2, 0) is 6.54 Å². The molecule has 0 aliphatic carbocycles. The Morgan fingerprint density at radius 3 is 2.64 bits per heavy atom. The molecule has 4 heteroatoms. The Kier molecular flexibility index (Phi) is 4.26. The van der Waals surface area contributed by atoms with Gasteiger partial charge >= 0.3 is 0 Å². The first-order chi connectivity index (χ1) is 11.8. The molecule has 0 atom stereocenters. The summed E-state index contributed by atoms with van der Waals surface area (Å²) >= 11 is 0. The van der Waals surface area contributed by atoms with Crippen molar-refractivity contribution in [2.75, 3.05) is 0 Å². The first kappa shape index (κ1) is 17.0.